The highest BCUT2D eigenvalue weighted by molar-refractivity contribution is 7.91. The molecule has 2 fully saturated rings. The number of carbonyl (C=O) groups excluding carboxylic acids is 2. The molecule has 1 atom stereocenters. The van der Waals surface area contributed by atoms with Gasteiger partial charge in [0.05, 0.1) is 23.0 Å². The van der Waals surface area contributed by atoms with Gasteiger partial charge in [-0.1, -0.05) is 17.3 Å². The van der Waals surface area contributed by atoms with Crippen LogP contribution in [0.3, 0.4) is 0 Å². The molecule has 8 nitrogen and oxygen atoms in total. The zero-order valence-corrected chi connectivity index (χ0v) is 16.4. The third-order valence-corrected chi connectivity index (χ3v) is 7.10. The normalized spacial score (nSPS) is 21.3. The predicted molar refractivity (Wildman–Crippen MR) is 101 cm³/mol. The van der Waals surface area contributed by atoms with E-state index in [0.29, 0.717) is 32.6 Å². The van der Waals surface area contributed by atoms with Crippen LogP contribution in [0.5, 0.6) is 0 Å². The Labute approximate surface area is 167 Å². The van der Waals surface area contributed by atoms with Gasteiger partial charge in [-0.3, -0.25) is 9.59 Å². The van der Waals surface area contributed by atoms with Crippen LogP contribution in [0.25, 0.3) is 11.3 Å². The van der Waals surface area contributed by atoms with Crippen molar-refractivity contribution in [3.8, 4) is 11.3 Å². The summed E-state index contributed by atoms with van der Waals surface area (Å²) in [6.45, 7) is 1.29. The largest absolute Gasteiger partial charge is 0.355 e. The highest BCUT2D eigenvalue weighted by Crippen LogP contribution is 2.24. The molecule has 2 aliphatic heterocycles. The van der Waals surface area contributed by atoms with Crippen molar-refractivity contribution in [2.45, 2.75) is 6.42 Å². The van der Waals surface area contributed by atoms with E-state index >= 15 is 0 Å². The van der Waals surface area contributed by atoms with Gasteiger partial charge in [-0.2, -0.15) is 0 Å². The minimum atomic E-state index is -3.12. The third-order valence-electron chi connectivity index (χ3n) is 5.33. The SMILES string of the molecule is O=C(c1cc(-c2ccccc2F)on1)N1CCN(C(=O)[C@@H]2CCS(=O)(=O)C2)CC1. The van der Waals surface area contributed by atoms with Gasteiger partial charge in [-0.25, -0.2) is 12.8 Å². The molecule has 10 heteroatoms. The monoisotopic (exact) mass is 421 g/mol. The summed E-state index contributed by atoms with van der Waals surface area (Å²) in [6.07, 6.45) is 0.359. The van der Waals surface area contributed by atoms with Crippen molar-refractivity contribution in [3.63, 3.8) is 0 Å². The van der Waals surface area contributed by atoms with Gasteiger partial charge in [0.1, 0.15) is 5.82 Å². The molecule has 4 rings (SSSR count). The lowest BCUT2D eigenvalue weighted by molar-refractivity contribution is -0.136. The van der Waals surface area contributed by atoms with Crippen molar-refractivity contribution < 1.29 is 26.9 Å². The Morgan fingerprint density at radius 1 is 1.10 bits per heavy atom. The fourth-order valence-corrected chi connectivity index (χ4v) is 5.44. The maximum atomic E-state index is 13.9. The molecule has 0 spiro atoms. The molecule has 2 amide bonds. The molecule has 0 bridgehead atoms. The smallest absolute Gasteiger partial charge is 0.276 e. The number of benzene rings is 1. The Hall–Kier alpha value is -2.75. The first-order chi connectivity index (χ1) is 13.8. The van der Waals surface area contributed by atoms with E-state index in [1.165, 1.54) is 18.2 Å². The molecule has 2 aromatic rings. The van der Waals surface area contributed by atoms with Gasteiger partial charge in [-0.05, 0) is 18.6 Å². The van der Waals surface area contributed by atoms with Crippen LogP contribution < -0.4 is 0 Å². The molecule has 0 radical (unpaired) electrons. The Morgan fingerprint density at radius 2 is 1.79 bits per heavy atom. The zero-order chi connectivity index (χ0) is 20.6. The molecule has 0 aliphatic carbocycles. The molecule has 0 unspecified atom stereocenters. The first kappa shape index (κ1) is 19.6. The maximum absolute atomic E-state index is 13.9. The van der Waals surface area contributed by atoms with Crippen molar-refractivity contribution in [2.75, 3.05) is 37.7 Å². The Kier molecular flexibility index (Phi) is 5.12. The fraction of sp³-hybridized carbons (Fsp3) is 0.421. The Bertz CT molecular complexity index is 1040. The molecular weight excluding hydrogens is 401 g/mol. The topological polar surface area (TPSA) is 101 Å². The maximum Gasteiger partial charge on any atom is 0.276 e. The average Bonchev–Trinajstić information content (AvgIpc) is 3.34. The van der Waals surface area contributed by atoms with E-state index in [4.69, 9.17) is 4.52 Å². The van der Waals surface area contributed by atoms with Crippen LogP contribution >= 0.6 is 0 Å². The summed E-state index contributed by atoms with van der Waals surface area (Å²) in [4.78, 5) is 28.4. The Balaban J connectivity index is 1.37. The fourth-order valence-electron chi connectivity index (χ4n) is 3.70. The van der Waals surface area contributed by atoms with E-state index in [2.05, 4.69) is 5.16 Å². The number of piperazine rings is 1. The molecule has 154 valence electrons. The summed E-state index contributed by atoms with van der Waals surface area (Å²) < 4.78 is 42.2. The number of hydrogen-bond acceptors (Lipinski definition) is 6. The van der Waals surface area contributed by atoms with Crippen molar-refractivity contribution in [3.05, 3.63) is 41.8 Å². The number of amides is 2. The minimum Gasteiger partial charge on any atom is -0.355 e. The lowest BCUT2D eigenvalue weighted by atomic mass is 10.1. The molecule has 1 aromatic heterocycles. The number of hydrogen-bond donors (Lipinski definition) is 0. The van der Waals surface area contributed by atoms with Crippen LogP contribution in [0.1, 0.15) is 16.9 Å². The number of halogens is 1. The van der Waals surface area contributed by atoms with Crippen LogP contribution in [-0.2, 0) is 14.6 Å². The summed E-state index contributed by atoms with van der Waals surface area (Å²) in [5, 5.41) is 3.76. The number of carbonyl (C=O) groups is 2. The van der Waals surface area contributed by atoms with Gasteiger partial charge in [0.2, 0.25) is 5.91 Å². The summed E-state index contributed by atoms with van der Waals surface area (Å²) in [7, 11) is -3.12. The second kappa shape index (κ2) is 7.58. The number of aromatic nitrogens is 1. The molecule has 29 heavy (non-hydrogen) atoms. The lowest BCUT2D eigenvalue weighted by Crippen LogP contribution is -2.52. The van der Waals surface area contributed by atoms with Gasteiger partial charge in [0, 0.05) is 32.2 Å². The van der Waals surface area contributed by atoms with Crippen molar-refractivity contribution in [1.29, 1.82) is 0 Å². The molecule has 3 heterocycles. The van der Waals surface area contributed by atoms with Gasteiger partial charge in [0.15, 0.2) is 21.3 Å². The second-order valence-electron chi connectivity index (χ2n) is 7.27. The van der Waals surface area contributed by atoms with E-state index in [9.17, 15) is 22.4 Å². The van der Waals surface area contributed by atoms with Gasteiger partial charge in [-0.15, -0.1) is 0 Å². The van der Waals surface area contributed by atoms with Gasteiger partial charge < -0.3 is 14.3 Å². The van der Waals surface area contributed by atoms with Crippen LogP contribution in [-0.4, -0.2) is 72.9 Å². The first-order valence-corrected chi connectivity index (χ1v) is 11.2. The first-order valence-electron chi connectivity index (χ1n) is 9.34. The number of sulfone groups is 1. The van der Waals surface area contributed by atoms with E-state index < -0.39 is 21.6 Å². The van der Waals surface area contributed by atoms with E-state index in [0.717, 1.165) is 0 Å². The minimum absolute atomic E-state index is 0.0539. The summed E-state index contributed by atoms with van der Waals surface area (Å²) in [5.41, 5.74) is 0.297. The summed E-state index contributed by atoms with van der Waals surface area (Å²) in [6, 6.07) is 7.46. The highest BCUT2D eigenvalue weighted by atomic mass is 32.2. The third kappa shape index (κ3) is 4.02. The molecule has 0 saturated carbocycles. The molecule has 1 aromatic carbocycles. The Morgan fingerprint density at radius 3 is 2.45 bits per heavy atom. The van der Waals surface area contributed by atoms with Crippen LogP contribution in [0, 0.1) is 11.7 Å². The van der Waals surface area contributed by atoms with E-state index in [-0.39, 0.29) is 40.3 Å². The molecule has 2 aliphatic rings. The standard InChI is InChI=1S/C19H20FN3O5S/c20-15-4-2-1-3-14(15)17-11-16(21-28-17)19(25)23-8-6-22(7-9-23)18(24)13-5-10-29(26,27)12-13/h1-4,11,13H,5-10,12H2/t13-/m1/s1. The summed E-state index contributed by atoms with van der Waals surface area (Å²) >= 11 is 0. The molecule has 0 N–H and O–H groups in total. The lowest BCUT2D eigenvalue weighted by Gasteiger charge is -2.35. The van der Waals surface area contributed by atoms with Crippen molar-refractivity contribution >= 4 is 21.7 Å². The van der Waals surface area contributed by atoms with Gasteiger partial charge in [0.25, 0.3) is 5.91 Å². The molecular formula is C19H20FN3O5S. The quantitative estimate of drug-likeness (QED) is 0.738. The average molecular weight is 421 g/mol. The van der Waals surface area contributed by atoms with E-state index in [1.54, 1.807) is 21.9 Å². The summed E-state index contributed by atoms with van der Waals surface area (Å²) in [5.74, 6) is -1.35. The second-order valence-corrected chi connectivity index (χ2v) is 9.50. The predicted octanol–water partition coefficient (Wildman–Crippen LogP) is 1.20. The highest BCUT2D eigenvalue weighted by Gasteiger charge is 2.36. The van der Waals surface area contributed by atoms with Crippen LogP contribution in [0.2, 0.25) is 0 Å². The zero-order valence-electron chi connectivity index (χ0n) is 15.6. The number of nitrogens with zero attached hydrogens (tertiary/aromatic N) is 3. The number of rotatable bonds is 3. The van der Waals surface area contributed by atoms with Gasteiger partial charge >= 0.3 is 0 Å². The van der Waals surface area contributed by atoms with Crippen molar-refractivity contribution in [2.24, 2.45) is 5.92 Å². The van der Waals surface area contributed by atoms with E-state index in [1.807, 2.05) is 0 Å². The van der Waals surface area contributed by atoms with Crippen LogP contribution in [0.15, 0.2) is 34.9 Å². The molecule has 2 saturated heterocycles. The van der Waals surface area contributed by atoms with Crippen molar-refractivity contribution in [1.82, 2.24) is 15.0 Å². The van der Waals surface area contributed by atoms with Crippen LogP contribution in [0.4, 0.5) is 4.39 Å².